The van der Waals surface area contributed by atoms with E-state index in [1.54, 1.807) is 0 Å². The van der Waals surface area contributed by atoms with Crippen LogP contribution in [0.1, 0.15) is 0 Å². The Balaban J connectivity index is 0.000000441. The molecule has 0 saturated carbocycles. The minimum atomic E-state index is -1.86. The van der Waals surface area contributed by atoms with Crippen molar-refractivity contribution in [1.82, 2.24) is 0 Å². The number of carbonyl (C=O) groups is 1. The second-order valence-corrected chi connectivity index (χ2v) is 5.03. The summed E-state index contributed by atoms with van der Waals surface area (Å²) in [5.41, 5.74) is 0. The predicted molar refractivity (Wildman–Crippen MR) is 73.2 cm³/mol. The lowest BCUT2D eigenvalue weighted by Gasteiger charge is -2.37. The summed E-state index contributed by atoms with van der Waals surface area (Å²) >= 11 is 0. The largest absolute Gasteiger partial charge is 0.394 e. The molecule has 0 unspecified atom stereocenters. The third kappa shape index (κ3) is 6.27. The van der Waals surface area contributed by atoms with E-state index < -0.39 is 74.6 Å². The van der Waals surface area contributed by atoms with E-state index in [0.717, 1.165) is 0 Å². The number of hydrogen-bond donors (Lipinski definition) is 10. The fraction of sp³-hybridized carbons (Fsp3) is 0.917. The number of Topliss-reactive ketones (excluding diaryl/α,β-unsaturated/α-hetero) is 1. The van der Waals surface area contributed by atoms with Gasteiger partial charge in [-0.25, -0.2) is 0 Å². The van der Waals surface area contributed by atoms with Gasteiger partial charge in [0.05, 0.1) is 13.2 Å². The maximum atomic E-state index is 10.5. The molecule has 12 heteroatoms. The van der Waals surface area contributed by atoms with Gasteiger partial charge in [0.15, 0.2) is 12.1 Å². The average molecular weight is 360 g/mol. The highest BCUT2D eigenvalue weighted by Gasteiger charge is 2.42. The molecule has 12 nitrogen and oxygen atoms in total. The van der Waals surface area contributed by atoms with E-state index in [-0.39, 0.29) is 0 Å². The summed E-state index contributed by atoms with van der Waals surface area (Å²) in [7, 11) is 0. The first kappa shape index (κ1) is 23.2. The van der Waals surface area contributed by atoms with Crippen LogP contribution in [-0.2, 0) is 9.53 Å². The number of hydrogen-bond acceptors (Lipinski definition) is 12. The summed E-state index contributed by atoms with van der Waals surface area (Å²) in [6.07, 6.45) is -12.3. The van der Waals surface area contributed by atoms with E-state index in [1.165, 1.54) is 0 Å². The van der Waals surface area contributed by atoms with Gasteiger partial charge in [-0.2, -0.15) is 0 Å². The maximum absolute atomic E-state index is 10.5. The van der Waals surface area contributed by atoms with Crippen LogP contribution < -0.4 is 0 Å². The van der Waals surface area contributed by atoms with Crippen LogP contribution in [0.5, 0.6) is 0 Å². The normalized spacial score (nSPS) is 33.8. The van der Waals surface area contributed by atoms with Crippen LogP contribution in [-0.4, -0.2) is 126 Å². The van der Waals surface area contributed by atoms with Crippen LogP contribution in [0, 0.1) is 0 Å². The van der Waals surface area contributed by atoms with Crippen LogP contribution in [0.15, 0.2) is 0 Å². The molecule has 1 fully saturated rings. The van der Waals surface area contributed by atoms with Gasteiger partial charge in [-0.3, -0.25) is 4.79 Å². The molecule has 0 radical (unpaired) electrons. The molecule has 1 aliphatic heterocycles. The van der Waals surface area contributed by atoms with E-state index in [2.05, 4.69) is 4.74 Å². The fourth-order valence-corrected chi connectivity index (χ4v) is 1.68. The molecule has 0 bridgehead atoms. The van der Waals surface area contributed by atoms with Gasteiger partial charge >= 0.3 is 0 Å². The molecule has 10 N–H and O–H groups in total. The zero-order valence-corrected chi connectivity index (χ0v) is 12.5. The predicted octanol–water partition coefficient (Wildman–Crippen LogP) is -6.60. The zero-order valence-electron chi connectivity index (χ0n) is 12.5. The van der Waals surface area contributed by atoms with E-state index in [1.807, 2.05) is 0 Å². The van der Waals surface area contributed by atoms with Crippen LogP contribution in [0.25, 0.3) is 0 Å². The highest BCUT2D eigenvalue weighted by Crippen LogP contribution is 2.18. The number of ether oxygens (including phenoxy) is 1. The molecular weight excluding hydrogens is 336 g/mol. The van der Waals surface area contributed by atoms with E-state index >= 15 is 0 Å². The van der Waals surface area contributed by atoms with Crippen molar-refractivity contribution in [1.29, 1.82) is 0 Å². The Bertz CT molecular complexity index is 361. The minimum absolute atomic E-state index is 0.526. The molecule has 144 valence electrons. The Morgan fingerprint density at radius 1 is 0.917 bits per heavy atom. The SMILES string of the molecule is O=C(CO)[C@@H](O)[C@@H](O)[C@@H](O)CO.OC[C@H]1O[C@H](O)[C@@H](O)[C@@H](O)[C@@H]1O. The lowest BCUT2D eigenvalue weighted by molar-refractivity contribution is -0.286. The molecule has 0 aliphatic carbocycles. The Kier molecular flexibility index (Phi) is 10.6. The number of rotatable bonds is 6. The van der Waals surface area contributed by atoms with Gasteiger partial charge in [-0.1, -0.05) is 0 Å². The molecule has 8 atom stereocenters. The van der Waals surface area contributed by atoms with Gasteiger partial charge in [0, 0.05) is 0 Å². The maximum Gasteiger partial charge on any atom is 0.189 e. The summed E-state index contributed by atoms with van der Waals surface area (Å²) < 4.78 is 4.58. The summed E-state index contributed by atoms with van der Waals surface area (Å²) in [6, 6.07) is 0. The third-order valence-corrected chi connectivity index (χ3v) is 3.26. The first-order valence-electron chi connectivity index (χ1n) is 6.89. The standard InChI is InChI=1S/2C6H12O6/c7-1-2-3(8)4(9)5(10)6(11)12-2;7-1-3(9)5(11)6(12)4(10)2-8/h2-11H,1H2;3,5-9,11-12H,1-2H2/t2-,3-,4+,5+,6+;3-,5-,6+/m10/s1. The zero-order chi connectivity index (χ0) is 19.0. The van der Waals surface area contributed by atoms with Crippen molar-refractivity contribution < 1.29 is 60.6 Å². The molecule has 0 spiro atoms. The molecule has 1 aliphatic rings. The second-order valence-electron chi connectivity index (χ2n) is 5.03. The van der Waals surface area contributed by atoms with Gasteiger partial charge in [0.2, 0.25) is 0 Å². The van der Waals surface area contributed by atoms with Crippen LogP contribution >= 0.6 is 0 Å². The summed E-state index contributed by atoms with van der Waals surface area (Å²) in [4.78, 5) is 10.5. The first-order chi connectivity index (χ1) is 11.1. The Labute approximate surface area is 136 Å². The molecule has 1 rings (SSSR count). The van der Waals surface area contributed by atoms with Crippen molar-refractivity contribution in [3.05, 3.63) is 0 Å². The van der Waals surface area contributed by atoms with Gasteiger partial charge < -0.3 is 55.8 Å². The molecule has 0 aromatic heterocycles. The smallest absolute Gasteiger partial charge is 0.189 e. The monoisotopic (exact) mass is 360 g/mol. The van der Waals surface area contributed by atoms with Crippen molar-refractivity contribution in [2.45, 2.75) is 49.0 Å². The van der Waals surface area contributed by atoms with E-state index in [9.17, 15) is 4.79 Å². The van der Waals surface area contributed by atoms with Gasteiger partial charge in [0.25, 0.3) is 0 Å². The third-order valence-electron chi connectivity index (χ3n) is 3.26. The minimum Gasteiger partial charge on any atom is -0.394 e. The van der Waals surface area contributed by atoms with Crippen molar-refractivity contribution >= 4 is 5.78 Å². The summed E-state index contributed by atoms with van der Waals surface area (Å²) in [5, 5.41) is 87.7. The molecular formula is C12H24O12. The molecule has 0 aromatic rings. The molecule has 1 saturated heterocycles. The number of aliphatic hydroxyl groups excluding tert-OH is 10. The highest BCUT2D eigenvalue weighted by atomic mass is 16.6. The van der Waals surface area contributed by atoms with Crippen molar-refractivity contribution in [2.75, 3.05) is 19.8 Å². The number of carbonyl (C=O) groups excluding carboxylic acids is 1. The van der Waals surface area contributed by atoms with Crippen molar-refractivity contribution in [3.63, 3.8) is 0 Å². The number of aliphatic hydroxyl groups is 10. The van der Waals surface area contributed by atoms with Gasteiger partial charge in [-0.15, -0.1) is 0 Å². The fourth-order valence-electron chi connectivity index (χ4n) is 1.68. The van der Waals surface area contributed by atoms with Gasteiger partial charge in [0.1, 0.15) is 49.3 Å². The van der Waals surface area contributed by atoms with E-state index in [0.29, 0.717) is 0 Å². The Morgan fingerprint density at radius 3 is 1.88 bits per heavy atom. The quantitative estimate of drug-likeness (QED) is 0.213. The highest BCUT2D eigenvalue weighted by molar-refractivity contribution is 5.84. The van der Waals surface area contributed by atoms with E-state index in [4.69, 9.17) is 51.1 Å². The lowest BCUT2D eigenvalue weighted by Crippen LogP contribution is -2.58. The Morgan fingerprint density at radius 2 is 1.46 bits per heavy atom. The average Bonchev–Trinajstić information content (AvgIpc) is 2.60. The van der Waals surface area contributed by atoms with Gasteiger partial charge in [-0.05, 0) is 0 Å². The van der Waals surface area contributed by atoms with Crippen LogP contribution in [0.2, 0.25) is 0 Å². The van der Waals surface area contributed by atoms with Crippen LogP contribution in [0.3, 0.4) is 0 Å². The first-order valence-corrected chi connectivity index (χ1v) is 6.89. The topological polar surface area (TPSA) is 229 Å². The Hall–Kier alpha value is -0.770. The van der Waals surface area contributed by atoms with Crippen molar-refractivity contribution in [3.8, 4) is 0 Å². The second kappa shape index (κ2) is 11.0. The van der Waals surface area contributed by atoms with Crippen molar-refractivity contribution in [2.24, 2.45) is 0 Å². The summed E-state index contributed by atoms with van der Waals surface area (Å²) in [5.74, 6) is -1.00. The molecule has 0 amide bonds. The molecule has 24 heavy (non-hydrogen) atoms. The molecule has 1 heterocycles. The lowest BCUT2D eigenvalue weighted by atomic mass is 10.00. The number of ketones is 1. The summed E-state index contributed by atoms with van der Waals surface area (Å²) in [6.45, 7) is -2.21. The van der Waals surface area contributed by atoms with Crippen LogP contribution in [0.4, 0.5) is 0 Å². The molecule has 0 aromatic carbocycles.